The number of aromatic nitrogens is 1. The zero-order valence-corrected chi connectivity index (χ0v) is 8.23. The zero-order valence-electron chi connectivity index (χ0n) is 7.47. The molecule has 2 radical (unpaired) electrons. The Labute approximate surface area is 84.2 Å². The Morgan fingerprint density at radius 2 is 2.23 bits per heavy atom. The third kappa shape index (κ3) is 1.78. The van der Waals surface area contributed by atoms with Crippen LogP contribution in [-0.2, 0) is 0 Å². The molecule has 1 nitrogen and oxygen atoms in total. The summed E-state index contributed by atoms with van der Waals surface area (Å²) in [6.45, 7) is 2.07. The summed E-state index contributed by atoms with van der Waals surface area (Å²) in [7, 11) is 5.64. The molecule has 1 aliphatic rings. The van der Waals surface area contributed by atoms with Crippen LogP contribution in [0, 0.1) is 0 Å². The van der Waals surface area contributed by atoms with E-state index >= 15 is 0 Å². The fraction of sp³-hybridized carbons (Fsp3) is 0.300. The Kier molecular flexibility index (Phi) is 2.16. The molecule has 1 aromatic rings. The van der Waals surface area contributed by atoms with E-state index in [0.29, 0.717) is 10.6 Å². The summed E-state index contributed by atoms with van der Waals surface area (Å²) in [4.78, 5) is 4.02. The smallest absolute Gasteiger partial charge is 0.136 e. The minimum absolute atomic E-state index is 0.547. The molecule has 1 heterocycles. The second-order valence-electron chi connectivity index (χ2n) is 3.34. The molecule has 0 saturated heterocycles. The highest BCUT2D eigenvalue weighted by Gasteiger charge is 2.17. The molecule has 0 atom stereocenters. The normalized spacial score (nSPS) is 14.5. The van der Waals surface area contributed by atoms with Gasteiger partial charge in [-0.15, -0.1) is 0 Å². The van der Waals surface area contributed by atoms with Crippen molar-refractivity contribution in [3.63, 3.8) is 0 Å². The predicted octanol–water partition coefficient (Wildman–Crippen LogP) is 2.10. The Morgan fingerprint density at radius 3 is 2.85 bits per heavy atom. The maximum absolute atomic E-state index is 5.96. The molecule has 1 fully saturated rings. The van der Waals surface area contributed by atoms with E-state index < -0.39 is 0 Å². The topological polar surface area (TPSA) is 12.9 Å². The molecule has 64 valence electrons. The number of hydrogen-bond donors (Lipinski definition) is 0. The van der Waals surface area contributed by atoms with Gasteiger partial charge in [0.25, 0.3) is 0 Å². The zero-order chi connectivity index (χ0) is 9.42. The van der Waals surface area contributed by atoms with Gasteiger partial charge in [0.1, 0.15) is 13.0 Å². The van der Waals surface area contributed by atoms with Crippen molar-refractivity contribution in [3.05, 3.63) is 28.6 Å². The van der Waals surface area contributed by atoms with Gasteiger partial charge < -0.3 is 0 Å². The van der Waals surface area contributed by atoms with Crippen molar-refractivity contribution in [1.82, 2.24) is 4.98 Å². The number of pyridine rings is 1. The van der Waals surface area contributed by atoms with Crippen LogP contribution in [0.1, 0.15) is 25.3 Å². The Morgan fingerprint density at radius 1 is 1.54 bits per heavy atom. The van der Waals surface area contributed by atoms with Crippen molar-refractivity contribution in [2.24, 2.45) is 0 Å². The van der Waals surface area contributed by atoms with Crippen LogP contribution >= 0.6 is 11.6 Å². The number of rotatable bonds is 1. The lowest BCUT2D eigenvalue weighted by molar-refractivity contribution is 1.32. The minimum atomic E-state index is 0.547. The standard InChI is InChI=1S/C10H9BClN/c1-6(7-2-3-7)9-4-8(11)5-13-10(9)12/h4-5H,2-3H2,1H3. The van der Waals surface area contributed by atoms with Crippen LogP contribution in [0.15, 0.2) is 17.8 Å². The van der Waals surface area contributed by atoms with Crippen molar-refractivity contribution in [2.45, 2.75) is 19.8 Å². The highest BCUT2D eigenvalue weighted by atomic mass is 35.5. The van der Waals surface area contributed by atoms with Gasteiger partial charge >= 0.3 is 0 Å². The first-order valence-electron chi connectivity index (χ1n) is 4.28. The molecule has 0 N–H and O–H groups in total. The van der Waals surface area contributed by atoms with E-state index in [1.807, 2.05) is 6.07 Å². The van der Waals surface area contributed by atoms with E-state index in [1.165, 1.54) is 24.0 Å². The summed E-state index contributed by atoms with van der Waals surface area (Å²) in [5.74, 6) is 0. The largest absolute Gasteiger partial charge is 0.245 e. The highest BCUT2D eigenvalue weighted by molar-refractivity contribution is 6.34. The number of nitrogens with zero attached hydrogens (tertiary/aromatic N) is 1. The average molecular weight is 189 g/mol. The minimum Gasteiger partial charge on any atom is -0.245 e. The van der Waals surface area contributed by atoms with E-state index in [1.54, 1.807) is 6.20 Å². The Balaban J connectivity index is 2.50. The van der Waals surface area contributed by atoms with Crippen LogP contribution in [0.4, 0.5) is 0 Å². The van der Waals surface area contributed by atoms with Gasteiger partial charge in [-0.3, -0.25) is 0 Å². The fourth-order valence-electron chi connectivity index (χ4n) is 1.36. The quantitative estimate of drug-likeness (QED) is 0.487. The summed E-state index contributed by atoms with van der Waals surface area (Å²) >= 11 is 5.96. The van der Waals surface area contributed by atoms with Crippen LogP contribution in [0.2, 0.25) is 5.15 Å². The molecule has 0 unspecified atom stereocenters. The summed E-state index contributed by atoms with van der Waals surface area (Å²) in [5.41, 5.74) is 4.35. The maximum atomic E-state index is 5.96. The lowest BCUT2D eigenvalue weighted by Crippen LogP contribution is -2.04. The van der Waals surface area contributed by atoms with Gasteiger partial charge in [-0.25, -0.2) is 4.98 Å². The molecule has 3 heteroatoms. The molecule has 1 saturated carbocycles. The number of allylic oxidation sites excluding steroid dienone is 2. The van der Waals surface area contributed by atoms with E-state index in [0.717, 1.165) is 5.56 Å². The average Bonchev–Trinajstić information content (AvgIpc) is 2.91. The molecule has 0 aliphatic heterocycles. The van der Waals surface area contributed by atoms with Crippen LogP contribution < -0.4 is 5.46 Å². The summed E-state index contributed by atoms with van der Waals surface area (Å²) in [6, 6.07) is 1.88. The van der Waals surface area contributed by atoms with Gasteiger partial charge in [0.15, 0.2) is 0 Å². The Bertz CT molecular complexity index is 379. The van der Waals surface area contributed by atoms with Gasteiger partial charge in [0.2, 0.25) is 0 Å². The molecule has 1 aliphatic carbocycles. The molecule has 0 bridgehead atoms. The van der Waals surface area contributed by atoms with E-state index in [-0.39, 0.29) is 0 Å². The monoisotopic (exact) mass is 189 g/mol. The van der Waals surface area contributed by atoms with Crippen LogP contribution in [-0.4, -0.2) is 12.8 Å². The maximum Gasteiger partial charge on any atom is 0.136 e. The molecular weight excluding hydrogens is 180 g/mol. The molecule has 0 aromatic carbocycles. The fourth-order valence-corrected chi connectivity index (χ4v) is 1.60. The van der Waals surface area contributed by atoms with Crippen LogP contribution in [0.25, 0.3) is 5.57 Å². The van der Waals surface area contributed by atoms with Crippen molar-refractivity contribution >= 4 is 30.5 Å². The van der Waals surface area contributed by atoms with Crippen molar-refractivity contribution in [1.29, 1.82) is 0 Å². The lowest BCUT2D eigenvalue weighted by Gasteiger charge is -2.04. The van der Waals surface area contributed by atoms with Crippen LogP contribution in [0.5, 0.6) is 0 Å². The van der Waals surface area contributed by atoms with Gasteiger partial charge in [-0.1, -0.05) is 28.7 Å². The second-order valence-corrected chi connectivity index (χ2v) is 3.69. The Hall–Kier alpha value is -0.755. The van der Waals surface area contributed by atoms with Gasteiger partial charge in [0, 0.05) is 11.8 Å². The van der Waals surface area contributed by atoms with E-state index in [2.05, 4.69) is 11.9 Å². The van der Waals surface area contributed by atoms with Crippen molar-refractivity contribution in [3.8, 4) is 0 Å². The SMILES string of the molecule is [B]c1cnc(Cl)c(C(C)=C2CC2)c1. The van der Waals surface area contributed by atoms with Gasteiger partial charge in [-0.05, 0) is 25.3 Å². The molecule has 0 spiro atoms. The highest BCUT2D eigenvalue weighted by Crippen LogP contribution is 2.37. The molecule has 13 heavy (non-hydrogen) atoms. The molecular formula is C10H9BClN. The van der Waals surface area contributed by atoms with E-state index in [9.17, 15) is 0 Å². The van der Waals surface area contributed by atoms with Crippen LogP contribution in [0.3, 0.4) is 0 Å². The number of halogens is 1. The summed E-state index contributed by atoms with van der Waals surface area (Å²) in [5, 5.41) is 0.547. The second kappa shape index (κ2) is 3.19. The third-order valence-corrected chi connectivity index (χ3v) is 2.60. The summed E-state index contributed by atoms with van der Waals surface area (Å²) in [6.07, 6.45) is 3.96. The molecule has 1 aromatic heterocycles. The van der Waals surface area contributed by atoms with Gasteiger partial charge in [-0.2, -0.15) is 0 Å². The molecule has 0 amide bonds. The summed E-state index contributed by atoms with van der Waals surface area (Å²) < 4.78 is 0. The lowest BCUT2D eigenvalue weighted by atomic mass is 9.95. The van der Waals surface area contributed by atoms with Crippen molar-refractivity contribution < 1.29 is 0 Å². The first-order chi connectivity index (χ1) is 6.18. The first-order valence-corrected chi connectivity index (χ1v) is 4.66. The van der Waals surface area contributed by atoms with Gasteiger partial charge in [0.05, 0.1) is 0 Å². The predicted molar refractivity (Wildman–Crippen MR) is 56.5 cm³/mol. The van der Waals surface area contributed by atoms with E-state index in [4.69, 9.17) is 19.4 Å². The third-order valence-electron chi connectivity index (χ3n) is 2.29. The first kappa shape index (κ1) is 8.83. The number of hydrogen-bond acceptors (Lipinski definition) is 1. The van der Waals surface area contributed by atoms with Crippen molar-refractivity contribution in [2.75, 3.05) is 0 Å². The molecule has 2 rings (SSSR count).